The van der Waals surface area contributed by atoms with Gasteiger partial charge in [-0.15, -0.1) is 0 Å². The third-order valence-electron chi connectivity index (χ3n) is 8.01. The van der Waals surface area contributed by atoms with E-state index in [9.17, 15) is 4.79 Å². The molecule has 4 saturated carbocycles. The SMILES string of the molecule is CC(C)=CCN1CCc2ccc(OC(=O)C34CC5CC(CC(C5)C3)C4)cc2CC1. The van der Waals surface area contributed by atoms with Crippen LogP contribution in [0.4, 0.5) is 0 Å². The molecule has 5 aliphatic rings. The first-order valence-electron chi connectivity index (χ1n) is 11.7. The Labute approximate surface area is 175 Å². The highest BCUT2D eigenvalue weighted by Crippen LogP contribution is 2.60. The van der Waals surface area contributed by atoms with E-state index in [1.54, 1.807) is 0 Å². The zero-order valence-electron chi connectivity index (χ0n) is 18.1. The molecule has 0 N–H and O–H groups in total. The molecule has 156 valence electrons. The summed E-state index contributed by atoms with van der Waals surface area (Å²) < 4.78 is 6.05. The van der Waals surface area contributed by atoms with E-state index in [1.165, 1.54) is 36.0 Å². The van der Waals surface area contributed by atoms with E-state index in [0.717, 1.165) is 75.2 Å². The molecule has 4 bridgehead atoms. The Morgan fingerprint density at radius 3 is 2.28 bits per heavy atom. The summed E-state index contributed by atoms with van der Waals surface area (Å²) in [5.41, 5.74) is 3.98. The second-order valence-corrected chi connectivity index (χ2v) is 10.6. The molecule has 0 amide bonds. The van der Waals surface area contributed by atoms with E-state index >= 15 is 0 Å². The molecule has 0 radical (unpaired) electrons. The number of esters is 1. The van der Waals surface area contributed by atoms with Crippen molar-refractivity contribution in [3.8, 4) is 5.75 Å². The van der Waals surface area contributed by atoms with Gasteiger partial charge in [-0.2, -0.15) is 0 Å². The van der Waals surface area contributed by atoms with Crippen LogP contribution in [0.1, 0.15) is 63.5 Å². The van der Waals surface area contributed by atoms with Crippen LogP contribution in [0.5, 0.6) is 5.75 Å². The Kier molecular flexibility index (Phi) is 5.06. The Hall–Kier alpha value is -1.61. The number of ether oxygens (including phenoxy) is 1. The molecular weight excluding hydrogens is 358 g/mol. The second-order valence-electron chi connectivity index (χ2n) is 10.6. The van der Waals surface area contributed by atoms with Crippen LogP contribution in [0.25, 0.3) is 0 Å². The highest BCUT2D eigenvalue weighted by Gasteiger charge is 2.55. The molecule has 0 saturated heterocycles. The van der Waals surface area contributed by atoms with Crippen LogP contribution in [0.3, 0.4) is 0 Å². The number of allylic oxidation sites excluding steroid dienone is 1. The molecule has 0 unspecified atom stereocenters. The van der Waals surface area contributed by atoms with E-state index < -0.39 is 0 Å². The van der Waals surface area contributed by atoms with Gasteiger partial charge in [0.1, 0.15) is 5.75 Å². The van der Waals surface area contributed by atoms with Crippen molar-refractivity contribution in [3.05, 3.63) is 41.0 Å². The van der Waals surface area contributed by atoms with Crippen LogP contribution in [0, 0.1) is 23.2 Å². The molecule has 1 aliphatic heterocycles. The number of fused-ring (bicyclic) bond motifs is 1. The number of hydrogen-bond donors (Lipinski definition) is 0. The third kappa shape index (κ3) is 3.91. The number of rotatable bonds is 4. The van der Waals surface area contributed by atoms with Gasteiger partial charge >= 0.3 is 5.97 Å². The molecule has 1 aromatic rings. The van der Waals surface area contributed by atoms with Gasteiger partial charge in [0, 0.05) is 19.6 Å². The maximum Gasteiger partial charge on any atom is 0.317 e. The number of carbonyl (C=O) groups is 1. The lowest BCUT2D eigenvalue weighted by molar-refractivity contribution is -0.161. The molecule has 3 heteroatoms. The van der Waals surface area contributed by atoms with E-state index in [4.69, 9.17) is 4.74 Å². The summed E-state index contributed by atoms with van der Waals surface area (Å²) in [6.45, 7) is 7.53. The molecule has 6 rings (SSSR count). The zero-order valence-corrected chi connectivity index (χ0v) is 18.1. The van der Waals surface area contributed by atoms with Crippen LogP contribution in [-0.4, -0.2) is 30.5 Å². The number of carbonyl (C=O) groups excluding carboxylic acids is 1. The van der Waals surface area contributed by atoms with Crippen molar-refractivity contribution < 1.29 is 9.53 Å². The van der Waals surface area contributed by atoms with E-state index in [0.29, 0.717) is 0 Å². The molecule has 0 atom stereocenters. The average molecular weight is 394 g/mol. The molecule has 0 aromatic heterocycles. The highest BCUT2D eigenvalue weighted by atomic mass is 16.5. The van der Waals surface area contributed by atoms with Crippen LogP contribution >= 0.6 is 0 Å². The highest BCUT2D eigenvalue weighted by molar-refractivity contribution is 5.80. The van der Waals surface area contributed by atoms with Crippen molar-refractivity contribution in [3.63, 3.8) is 0 Å². The van der Waals surface area contributed by atoms with Crippen LogP contribution < -0.4 is 4.74 Å². The largest absolute Gasteiger partial charge is 0.426 e. The minimum Gasteiger partial charge on any atom is -0.426 e. The fraction of sp³-hybridized carbons (Fsp3) is 0.654. The minimum atomic E-state index is -0.178. The molecule has 29 heavy (non-hydrogen) atoms. The predicted molar refractivity (Wildman–Crippen MR) is 116 cm³/mol. The summed E-state index contributed by atoms with van der Waals surface area (Å²) in [4.78, 5) is 15.8. The van der Waals surface area contributed by atoms with Crippen LogP contribution in [0.15, 0.2) is 29.8 Å². The average Bonchev–Trinajstić information content (AvgIpc) is 2.87. The quantitative estimate of drug-likeness (QED) is 0.401. The fourth-order valence-corrected chi connectivity index (χ4v) is 6.88. The van der Waals surface area contributed by atoms with Crippen molar-refractivity contribution in [2.24, 2.45) is 23.2 Å². The fourth-order valence-electron chi connectivity index (χ4n) is 6.88. The molecule has 1 heterocycles. The molecule has 4 aliphatic carbocycles. The predicted octanol–water partition coefficient (Wildman–Crippen LogP) is 5.18. The Morgan fingerprint density at radius 1 is 1.03 bits per heavy atom. The van der Waals surface area contributed by atoms with Crippen molar-refractivity contribution in [2.45, 2.75) is 65.2 Å². The number of hydrogen-bond acceptors (Lipinski definition) is 3. The number of benzene rings is 1. The Morgan fingerprint density at radius 2 is 1.66 bits per heavy atom. The second kappa shape index (κ2) is 7.58. The van der Waals surface area contributed by atoms with Crippen molar-refractivity contribution in [1.29, 1.82) is 0 Å². The standard InChI is InChI=1S/C26H35NO2/c1-18(2)5-8-27-9-6-22-3-4-24(14-23(22)7-10-27)29-25(28)26-15-19-11-20(16-26)13-21(12-19)17-26/h3-5,14,19-21H,6-13,15-17H2,1-2H3. The molecule has 4 fully saturated rings. The smallest absolute Gasteiger partial charge is 0.317 e. The van der Waals surface area contributed by atoms with Gasteiger partial charge in [0.15, 0.2) is 0 Å². The van der Waals surface area contributed by atoms with E-state index in [2.05, 4.69) is 37.0 Å². The normalized spacial score (nSPS) is 33.1. The van der Waals surface area contributed by atoms with Crippen molar-refractivity contribution >= 4 is 5.97 Å². The van der Waals surface area contributed by atoms with Gasteiger partial charge in [-0.1, -0.05) is 17.7 Å². The third-order valence-corrected chi connectivity index (χ3v) is 8.01. The van der Waals surface area contributed by atoms with Gasteiger partial charge in [0.2, 0.25) is 0 Å². The van der Waals surface area contributed by atoms with Crippen LogP contribution in [-0.2, 0) is 17.6 Å². The van der Waals surface area contributed by atoms with Gasteiger partial charge in [0.05, 0.1) is 5.41 Å². The monoisotopic (exact) mass is 393 g/mol. The molecule has 0 spiro atoms. The van der Waals surface area contributed by atoms with Gasteiger partial charge in [-0.3, -0.25) is 9.69 Å². The summed E-state index contributed by atoms with van der Waals surface area (Å²) >= 11 is 0. The lowest BCUT2D eigenvalue weighted by Crippen LogP contribution is -2.51. The lowest BCUT2D eigenvalue weighted by atomic mass is 9.49. The minimum absolute atomic E-state index is 0.0651. The summed E-state index contributed by atoms with van der Waals surface area (Å²) in [6.07, 6.45) is 11.7. The van der Waals surface area contributed by atoms with Gasteiger partial charge in [-0.25, -0.2) is 0 Å². The molecular formula is C26H35NO2. The van der Waals surface area contributed by atoms with Crippen molar-refractivity contribution in [1.82, 2.24) is 4.90 Å². The zero-order chi connectivity index (χ0) is 20.0. The van der Waals surface area contributed by atoms with Gasteiger partial charge < -0.3 is 4.74 Å². The van der Waals surface area contributed by atoms with E-state index in [-0.39, 0.29) is 11.4 Å². The first-order chi connectivity index (χ1) is 14.0. The van der Waals surface area contributed by atoms with E-state index in [1.807, 2.05) is 6.07 Å². The first kappa shape index (κ1) is 19.4. The van der Waals surface area contributed by atoms with Gasteiger partial charge in [0.25, 0.3) is 0 Å². The maximum atomic E-state index is 13.3. The first-order valence-corrected chi connectivity index (χ1v) is 11.7. The Balaban J connectivity index is 1.27. The van der Waals surface area contributed by atoms with Crippen LogP contribution in [0.2, 0.25) is 0 Å². The topological polar surface area (TPSA) is 29.5 Å². The maximum absolute atomic E-state index is 13.3. The lowest BCUT2D eigenvalue weighted by Gasteiger charge is -2.55. The number of nitrogens with zero attached hydrogens (tertiary/aromatic N) is 1. The molecule has 3 nitrogen and oxygen atoms in total. The Bertz CT molecular complexity index is 785. The summed E-state index contributed by atoms with van der Waals surface area (Å²) in [5, 5.41) is 0. The summed E-state index contributed by atoms with van der Waals surface area (Å²) in [5.74, 6) is 3.14. The van der Waals surface area contributed by atoms with Gasteiger partial charge in [-0.05, 0) is 106 Å². The summed E-state index contributed by atoms with van der Waals surface area (Å²) in [6, 6.07) is 6.38. The molecule has 1 aromatic carbocycles. The summed E-state index contributed by atoms with van der Waals surface area (Å²) in [7, 11) is 0. The van der Waals surface area contributed by atoms with Crippen molar-refractivity contribution in [2.75, 3.05) is 19.6 Å².